The van der Waals surface area contributed by atoms with Crippen LogP contribution in [0.5, 0.6) is 0 Å². The first-order valence-corrected chi connectivity index (χ1v) is 17.8. The molecule has 2 heterocycles. The monoisotopic (exact) mass is 658 g/mol. The minimum absolute atomic E-state index is 0.966. The van der Waals surface area contributed by atoms with Gasteiger partial charge in [0.1, 0.15) is 0 Å². The van der Waals surface area contributed by atoms with Crippen LogP contribution in [0.4, 0.5) is 11.4 Å². The Hall–Kier alpha value is -6.90. The molecule has 11 rings (SSSR count). The molecular weight excluding hydrogens is 629 g/mol. The van der Waals surface area contributed by atoms with E-state index in [0.717, 1.165) is 38.4 Å². The summed E-state index contributed by atoms with van der Waals surface area (Å²) in [6.07, 6.45) is 0. The van der Waals surface area contributed by atoms with Crippen molar-refractivity contribution in [3.05, 3.63) is 203 Å². The highest BCUT2D eigenvalue weighted by Gasteiger charge is 2.29. The van der Waals surface area contributed by atoms with Gasteiger partial charge in [0, 0.05) is 27.1 Å². The van der Waals surface area contributed by atoms with Crippen molar-refractivity contribution >= 4 is 32.9 Å². The first-order valence-electron chi connectivity index (χ1n) is 17.8. The number of hydrogen-bond acceptors (Lipinski definition) is 2. The summed E-state index contributed by atoms with van der Waals surface area (Å²) in [5.41, 5.74) is 13.8. The first kappa shape index (κ1) is 28.9. The van der Waals surface area contributed by atoms with Gasteiger partial charge in [0.05, 0.1) is 22.1 Å². The molecule has 0 spiro atoms. The maximum atomic E-state index is 5.29. The molecule has 52 heavy (non-hydrogen) atoms. The van der Waals surface area contributed by atoms with Crippen molar-refractivity contribution in [3.63, 3.8) is 0 Å². The molecular formula is C50H30N2. The highest BCUT2D eigenvalue weighted by atomic mass is 14.8. The Labute approximate surface area is 300 Å². The predicted molar refractivity (Wildman–Crippen MR) is 214 cm³/mol. The van der Waals surface area contributed by atoms with E-state index >= 15 is 0 Å². The van der Waals surface area contributed by atoms with Crippen LogP contribution < -0.4 is 10.7 Å². The Morgan fingerprint density at radius 3 is 1.75 bits per heavy atom. The van der Waals surface area contributed by atoms with Crippen LogP contribution in [0.2, 0.25) is 0 Å². The number of rotatable bonds is 4. The van der Waals surface area contributed by atoms with E-state index in [2.05, 4.69) is 182 Å². The summed E-state index contributed by atoms with van der Waals surface area (Å²) in [6.45, 7) is 0. The Kier molecular flexibility index (Phi) is 6.28. The summed E-state index contributed by atoms with van der Waals surface area (Å²) in [5.74, 6) is 0. The molecule has 2 aliphatic rings. The molecule has 0 radical (unpaired) electrons. The molecule has 9 aromatic carbocycles. The zero-order chi connectivity index (χ0) is 34.2. The molecule has 9 aromatic rings. The van der Waals surface area contributed by atoms with Gasteiger partial charge in [0.25, 0.3) is 0 Å². The smallest absolute Gasteiger partial charge is 0.0817 e. The van der Waals surface area contributed by atoms with Crippen LogP contribution in [0.1, 0.15) is 0 Å². The fourth-order valence-electron chi connectivity index (χ4n) is 8.56. The van der Waals surface area contributed by atoms with Crippen molar-refractivity contribution in [2.24, 2.45) is 9.98 Å². The van der Waals surface area contributed by atoms with Crippen LogP contribution in [0, 0.1) is 10.4 Å². The van der Waals surface area contributed by atoms with Crippen molar-refractivity contribution in [2.75, 3.05) is 0 Å². The molecule has 0 atom stereocenters. The molecule has 2 aliphatic heterocycles. The quantitative estimate of drug-likeness (QED) is 0.180. The van der Waals surface area contributed by atoms with Crippen molar-refractivity contribution in [1.29, 1.82) is 0 Å². The van der Waals surface area contributed by atoms with Gasteiger partial charge in [0.2, 0.25) is 0 Å². The largest absolute Gasteiger partial charge is 0.248 e. The highest BCUT2D eigenvalue weighted by molar-refractivity contribution is 6.13. The lowest BCUT2D eigenvalue weighted by atomic mass is 9.80. The van der Waals surface area contributed by atoms with E-state index in [1.165, 1.54) is 71.3 Å². The molecule has 2 nitrogen and oxygen atoms in total. The van der Waals surface area contributed by atoms with Crippen LogP contribution in [-0.2, 0) is 0 Å². The van der Waals surface area contributed by atoms with E-state index in [9.17, 15) is 0 Å². The van der Waals surface area contributed by atoms with Crippen LogP contribution in [0.15, 0.2) is 192 Å². The zero-order valence-electron chi connectivity index (χ0n) is 28.2. The highest BCUT2D eigenvalue weighted by Crippen LogP contribution is 2.53. The Morgan fingerprint density at radius 1 is 0.288 bits per heavy atom. The number of hydrogen-bond donors (Lipinski definition) is 0. The van der Waals surface area contributed by atoms with E-state index in [1.807, 2.05) is 0 Å². The number of fused-ring (bicyclic) bond motifs is 8. The summed E-state index contributed by atoms with van der Waals surface area (Å²) in [5, 5.41) is 9.21. The second-order valence-electron chi connectivity index (χ2n) is 13.6. The Bertz CT molecular complexity index is 3170. The van der Waals surface area contributed by atoms with E-state index in [4.69, 9.17) is 9.98 Å². The van der Waals surface area contributed by atoms with E-state index in [0.29, 0.717) is 0 Å². The normalized spacial score (nSPS) is 12.2. The molecule has 2 heteroatoms. The number of nitrogens with zero attached hydrogens (tertiary/aromatic N) is 2. The SMILES string of the molecule is c1ccc(-c2ccc3c(c2-c2cccc(-c4cccc5ccccc45)c2-c2cccc4ccccc24)-c2c4c(ccc2=N3)=c2ccccc2=N4)cc1. The first-order chi connectivity index (χ1) is 25.8. The van der Waals surface area contributed by atoms with Crippen LogP contribution >= 0.6 is 0 Å². The molecule has 0 N–H and O–H groups in total. The van der Waals surface area contributed by atoms with Crippen LogP contribution in [0.25, 0.3) is 77.2 Å². The van der Waals surface area contributed by atoms with Gasteiger partial charge in [0.15, 0.2) is 0 Å². The third-order valence-electron chi connectivity index (χ3n) is 10.8. The topological polar surface area (TPSA) is 24.7 Å². The average Bonchev–Trinajstić information content (AvgIpc) is 3.79. The second kappa shape index (κ2) is 11.3. The number of para-hydroxylation sites is 1. The summed E-state index contributed by atoms with van der Waals surface area (Å²) < 4.78 is 0. The molecule has 0 saturated heterocycles. The standard InChI is InChI=1S/C50H30N2/c1-2-13-33(14-3-1)36-27-29-44-48(49-45(51-44)30-28-41-38-21-8-9-26-43(38)52-50(41)49)47(36)42-25-12-24-40(37-22-10-17-31-15-4-6-19-34(31)37)46(42)39-23-11-18-32-16-5-7-20-35(32)39/h1-30H. The van der Waals surface area contributed by atoms with Gasteiger partial charge < -0.3 is 0 Å². The molecule has 0 amide bonds. The summed E-state index contributed by atoms with van der Waals surface area (Å²) in [6, 6.07) is 65.8. The van der Waals surface area contributed by atoms with Crippen LogP contribution in [-0.4, -0.2) is 0 Å². The summed E-state index contributed by atoms with van der Waals surface area (Å²) >= 11 is 0. The predicted octanol–water partition coefficient (Wildman–Crippen LogP) is 12.1. The van der Waals surface area contributed by atoms with Gasteiger partial charge in [-0.25, -0.2) is 9.98 Å². The van der Waals surface area contributed by atoms with Gasteiger partial charge in [-0.3, -0.25) is 0 Å². The minimum Gasteiger partial charge on any atom is -0.248 e. The summed E-state index contributed by atoms with van der Waals surface area (Å²) in [4.78, 5) is 10.6. The lowest BCUT2D eigenvalue weighted by molar-refractivity contribution is 1.36. The third-order valence-corrected chi connectivity index (χ3v) is 10.8. The van der Waals surface area contributed by atoms with Crippen molar-refractivity contribution < 1.29 is 0 Å². The molecule has 0 fully saturated rings. The lowest BCUT2D eigenvalue weighted by Crippen LogP contribution is -2.02. The molecule has 0 unspecified atom stereocenters. The van der Waals surface area contributed by atoms with Crippen molar-refractivity contribution in [1.82, 2.24) is 0 Å². The Morgan fingerprint density at radius 2 is 0.923 bits per heavy atom. The van der Waals surface area contributed by atoms with Gasteiger partial charge >= 0.3 is 0 Å². The van der Waals surface area contributed by atoms with E-state index < -0.39 is 0 Å². The van der Waals surface area contributed by atoms with Crippen molar-refractivity contribution in [2.45, 2.75) is 0 Å². The number of benzene rings is 9. The fourth-order valence-corrected chi connectivity index (χ4v) is 8.56. The van der Waals surface area contributed by atoms with E-state index in [-0.39, 0.29) is 0 Å². The van der Waals surface area contributed by atoms with Gasteiger partial charge in [-0.15, -0.1) is 0 Å². The minimum atomic E-state index is 0.966. The summed E-state index contributed by atoms with van der Waals surface area (Å²) in [7, 11) is 0. The molecule has 0 aliphatic carbocycles. The van der Waals surface area contributed by atoms with Gasteiger partial charge in [-0.05, 0) is 84.8 Å². The van der Waals surface area contributed by atoms with Crippen LogP contribution in [0.3, 0.4) is 0 Å². The van der Waals surface area contributed by atoms with Gasteiger partial charge in [-0.2, -0.15) is 0 Å². The van der Waals surface area contributed by atoms with Gasteiger partial charge in [-0.1, -0.05) is 158 Å². The molecule has 0 aromatic heterocycles. The molecule has 0 saturated carbocycles. The second-order valence-corrected chi connectivity index (χ2v) is 13.6. The lowest BCUT2D eigenvalue weighted by Gasteiger charge is -2.23. The molecule has 240 valence electrons. The maximum absolute atomic E-state index is 5.29. The Balaban J connectivity index is 1.32. The van der Waals surface area contributed by atoms with Crippen molar-refractivity contribution in [3.8, 4) is 55.6 Å². The fraction of sp³-hybridized carbons (Fsp3) is 0. The maximum Gasteiger partial charge on any atom is 0.0817 e. The molecule has 0 bridgehead atoms. The zero-order valence-corrected chi connectivity index (χ0v) is 28.2. The average molecular weight is 659 g/mol. The van der Waals surface area contributed by atoms with E-state index in [1.54, 1.807) is 0 Å². The third kappa shape index (κ3) is 4.25.